The molecule has 0 spiro atoms. The van der Waals surface area contributed by atoms with Gasteiger partial charge in [-0.15, -0.1) is 0 Å². The Balaban J connectivity index is 2.49. The Labute approximate surface area is 113 Å². The van der Waals surface area contributed by atoms with Crippen molar-refractivity contribution in [1.29, 1.82) is 0 Å². The number of anilines is 2. The van der Waals surface area contributed by atoms with Gasteiger partial charge in [-0.3, -0.25) is 9.48 Å². The van der Waals surface area contributed by atoms with Crippen molar-refractivity contribution >= 4 is 17.4 Å². The van der Waals surface area contributed by atoms with E-state index in [-0.39, 0.29) is 11.8 Å². The second kappa shape index (κ2) is 4.43. The van der Waals surface area contributed by atoms with Gasteiger partial charge in [0.25, 0.3) is 0 Å². The molecule has 2 heterocycles. The lowest BCUT2D eigenvalue weighted by atomic mass is 9.98. The summed E-state index contributed by atoms with van der Waals surface area (Å²) in [5, 5.41) is 7.38. The summed E-state index contributed by atoms with van der Waals surface area (Å²) in [6, 6.07) is 0. The van der Waals surface area contributed by atoms with E-state index < -0.39 is 5.54 Å². The van der Waals surface area contributed by atoms with E-state index in [1.807, 2.05) is 25.8 Å². The van der Waals surface area contributed by atoms with Crippen LogP contribution in [0.4, 0.5) is 11.5 Å². The Morgan fingerprint density at radius 2 is 2.05 bits per heavy atom. The number of carbonyl (C=O) groups excluding carboxylic acids is 1. The van der Waals surface area contributed by atoms with Crippen LogP contribution in [-0.2, 0) is 11.8 Å². The predicted octanol–water partition coefficient (Wildman–Crippen LogP) is 0.841. The lowest BCUT2D eigenvalue weighted by molar-refractivity contribution is -0.126. The Morgan fingerprint density at radius 1 is 1.42 bits per heavy atom. The SMILES string of the molecule is CC(C)c1nn(C)c(N2CCNC(=O)C2(C)C)c1N. The van der Waals surface area contributed by atoms with Crippen molar-refractivity contribution in [3.63, 3.8) is 0 Å². The summed E-state index contributed by atoms with van der Waals surface area (Å²) in [7, 11) is 1.88. The summed E-state index contributed by atoms with van der Waals surface area (Å²) in [6.07, 6.45) is 0. The van der Waals surface area contributed by atoms with Gasteiger partial charge in [-0.1, -0.05) is 13.8 Å². The van der Waals surface area contributed by atoms with Gasteiger partial charge in [-0.2, -0.15) is 5.10 Å². The molecule has 1 aliphatic rings. The lowest BCUT2D eigenvalue weighted by Gasteiger charge is -2.42. The molecule has 0 radical (unpaired) electrons. The molecular weight excluding hydrogens is 242 g/mol. The number of nitrogens with two attached hydrogens (primary N) is 1. The molecular formula is C13H23N5O. The molecule has 0 unspecified atom stereocenters. The first-order chi connectivity index (χ1) is 8.76. The van der Waals surface area contributed by atoms with Crippen LogP contribution in [0.3, 0.4) is 0 Å². The summed E-state index contributed by atoms with van der Waals surface area (Å²) in [5.41, 5.74) is 7.20. The fourth-order valence-corrected chi connectivity index (χ4v) is 2.57. The van der Waals surface area contributed by atoms with Crippen LogP contribution in [0.1, 0.15) is 39.3 Å². The third kappa shape index (κ3) is 2.05. The second-order valence-corrected chi connectivity index (χ2v) is 5.87. The van der Waals surface area contributed by atoms with E-state index in [1.54, 1.807) is 4.68 Å². The number of carbonyl (C=O) groups is 1. The van der Waals surface area contributed by atoms with Crippen LogP contribution in [0.2, 0.25) is 0 Å². The first kappa shape index (κ1) is 13.7. The molecule has 19 heavy (non-hydrogen) atoms. The van der Waals surface area contributed by atoms with Gasteiger partial charge < -0.3 is 16.0 Å². The molecule has 1 aromatic heterocycles. The van der Waals surface area contributed by atoms with Crippen LogP contribution in [0, 0.1) is 0 Å². The van der Waals surface area contributed by atoms with Gasteiger partial charge in [-0.25, -0.2) is 0 Å². The largest absolute Gasteiger partial charge is 0.394 e. The van der Waals surface area contributed by atoms with E-state index >= 15 is 0 Å². The summed E-state index contributed by atoms with van der Waals surface area (Å²) in [6.45, 7) is 9.31. The summed E-state index contributed by atoms with van der Waals surface area (Å²) in [5.74, 6) is 1.12. The maximum Gasteiger partial charge on any atom is 0.245 e. The van der Waals surface area contributed by atoms with Gasteiger partial charge in [0.05, 0.1) is 11.4 Å². The Hall–Kier alpha value is -1.72. The molecule has 1 amide bonds. The fourth-order valence-electron chi connectivity index (χ4n) is 2.57. The molecule has 3 N–H and O–H groups in total. The summed E-state index contributed by atoms with van der Waals surface area (Å²) >= 11 is 0. The minimum atomic E-state index is -0.617. The highest BCUT2D eigenvalue weighted by molar-refractivity contribution is 5.91. The highest BCUT2D eigenvalue weighted by Gasteiger charge is 2.40. The fraction of sp³-hybridized carbons (Fsp3) is 0.692. The van der Waals surface area contributed by atoms with Crippen molar-refractivity contribution in [2.75, 3.05) is 23.7 Å². The van der Waals surface area contributed by atoms with Crippen LogP contribution in [0.5, 0.6) is 0 Å². The average Bonchev–Trinajstić information content (AvgIpc) is 2.59. The van der Waals surface area contributed by atoms with Crippen LogP contribution in [0.15, 0.2) is 0 Å². The molecule has 6 nitrogen and oxygen atoms in total. The number of nitrogens with one attached hydrogen (secondary N) is 1. The predicted molar refractivity (Wildman–Crippen MR) is 76.1 cm³/mol. The number of rotatable bonds is 2. The maximum absolute atomic E-state index is 12.0. The van der Waals surface area contributed by atoms with Crippen molar-refractivity contribution in [3.05, 3.63) is 5.69 Å². The topological polar surface area (TPSA) is 76.2 Å². The average molecular weight is 265 g/mol. The van der Waals surface area contributed by atoms with Crippen molar-refractivity contribution in [2.24, 2.45) is 7.05 Å². The molecule has 0 aliphatic carbocycles. The number of piperazine rings is 1. The Bertz CT molecular complexity index is 503. The molecule has 0 atom stereocenters. The van der Waals surface area contributed by atoms with E-state index in [0.717, 1.165) is 18.1 Å². The van der Waals surface area contributed by atoms with Crippen LogP contribution < -0.4 is 16.0 Å². The van der Waals surface area contributed by atoms with E-state index in [0.29, 0.717) is 12.2 Å². The van der Waals surface area contributed by atoms with E-state index in [1.165, 1.54) is 0 Å². The smallest absolute Gasteiger partial charge is 0.245 e. The van der Waals surface area contributed by atoms with Gasteiger partial charge in [0.15, 0.2) is 5.82 Å². The minimum absolute atomic E-state index is 0.0189. The number of aromatic nitrogens is 2. The third-order valence-corrected chi connectivity index (χ3v) is 3.74. The molecule has 106 valence electrons. The zero-order valence-electron chi connectivity index (χ0n) is 12.3. The van der Waals surface area contributed by atoms with E-state index in [4.69, 9.17) is 5.73 Å². The Kier molecular flexibility index (Phi) is 3.20. The number of aryl methyl sites for hydroxylation is 1. The maximum atomic E-state index is 12.0. The van der Waals surface area contributed by atoms with Gasteiger partial charge in [0.1, 0.15) is 5.54 Å². The first-order valence-electron chi connectivity index (χ1n) is 6.65. The summed E-state index contributed by atoms with van der Waals surface area (Å²) < 4.78 is 1.78. The van der Waals surface area contributed by atoms with Crippen molar-refractivity contribution in [1.82, 2.24) is 15.1 Å². The van der Waals surface area contributed by atoms with E-state index in [9.17, 15) is 4.79 Å². The zero-order valence-corrected chi connectivity index (χ0v) is 12.3. The number of nitrogen functional groups attached to an aromatic ring is 1. The monoisotopic (exact) mass is 265 g/mol. The van der Waals surface area contributed by atoms with Gasteiger partial charge >= 0.3 is 0 Å². The van der Waals surface area contributed by atoms with E-state index in [2.05, 4.69) is 24.3 Å². The molecule has 1 fully saturated rings. The highest BCUT2D eigenvalue weighted by Crippen LogP contribution is 2.35. The molecule has 0 bridgehead atoms. The molecule has 1 aromatic rings. The molecule has 0 aromatic carbocycles. The second-order valence-electron chi connectivity index (χ2n) is 5.87. The lowest BCUT2D eigenvalue weighted by Crippen LogP contribution is -2.62. The minimum Gasteiger partial charge on any atom is -0.394 e. The van der Waals surface area contributed by atoms with Crippen molar-refractivity contribution in [2.45, 2.75) is 39.2 Å². The molecule has 2 rings (SSSR count). The van der Waals surface area contributed by atoms with Crippen molar-refractivity contribution in [3.8, 4) is 0 Å². The third-order valence-electron chi connectivity index (χ3n) is 3.74. The van der Waals surface area contributed by atoms with Crippen LogP contribution in [0.25, 0.3) is 0 Å². The normalized spacial score (nSPS) is 18.8. The number of amides is 1. The van der Waals surface area contributed by atoms with Crippen LogP contribution >= 0.6 is 0 Å². The molecule has 6 heteroatoms. The molecule has 1 aliphatic heterocycles. The quantitative estimate of drug-likeness (QED) is 0.831. The van der Waals surface area contributed by atoms with Gasteiger partial charge in [0.2, 0.25) is 5.91 Å². The zero-order chi connectivity index (χ0) is 14.4. The number of hydrogen-bond acceptors (Lipinski definition) is 4. The van der Waals surface area contributed by atoms with Gasteiger partial charge in [0, 0.05) is 20.1 Å². The molecule has 0 saturated carbocycles. The van der Waals surface area contributed by atoms with Crippen molar-refractivity contribution < 1.29 is 4.79 Å². The Morgan fingerprint density at radius 3 is 2.58 bits per heavy atom. The molecule has 1 saturated heterocycles. The van der Waals surface area contributed by atoms with Crippen LogP contribution in [-0.4, -0.2) is 34.3 Å². The number of hydrogen-bond donors (Lipinski definition) is 2. The first-order valence-corrected chi connectivity index (χ1v) is 6.65. The summed E-state index contributed by atoms with van der Waals surface area (Å²) in [4.78, 5) is 14.1. The number of nitrogens with zero attached hydrogens (tertiary/aromatic N) is 3. The van der Waals surface area contributed by atoms with Gasteiger partial charge in [-0.05, 0) is 19.8 Å². The highest BCUT2D eigenvalue weighted by atomic mass is 16.2. The standard InChI is InChI=1S/C13H23N5O/c1-8(2)10-9(14)11(17(5)16-10)18-7-6-15-12(19)13(18,3)4/h8H,6-7,14H2,1-5H3,(H,15,19).